The first-order valence-electron chi connectivity index (χ1n) is 6.36. The summed E-state index contributed by atoms with van der Waals surface area (Å²) >= 11 is 1.22. The van der Waals surface area contributed by atoms with E-state index in [-0.39, 0.29) is 5.56 Å². The molecule has 2 aromatic rings. The van der Waals surface area contributed by atoms with E-state index in [9.17, 15) is 9.59 Å². The Kier molecular flexibility index (Phi) is 3.37. The summed E-state index contributed by atoms with van der Waals surface area (Å²) in [5.41, 5.74) is 5.06. The average Bonchev–Trinajstić information content (AvgIpc) is 3.10. The molecule has 0 atom stereocenters. The number of carbonyl (C=O) groups excluding carboxylic acids is 1. The second-order valence-corrected chi connectivity index (χ2v) is 5.56. The Hall–Kier alpha value is -1.99. The highest BCUT2D eigenvalue weighted by atomic mass is 32.1. The summed E-state index contributed by atoms with van der Waals surface area (Å²) in [7, 11) is 0. The van der Waals surface area contributed by atoms with Crippen molar-refractivity contribution in [2.45, 2.75) is 25.8 Å². The highest BCUT2D eigenvalue weighted by molar-refractivity contribution is 7.11. The van der Waals surface area contributed by atoms with Gasteiger partial charge in [0.25, 0.3) is 11.5 Å². The second-order valence-electron chi connectivity index (χ2n) is 4.70. The number of hydrogen-bond acceptors (Lipinski definition) is 5. The summed E-state index contributed by atoms with van der Waals surface area (Å²) < 4.78 is 1.75. The van der Waals surface area contributed by atoms with E-state index in [4.69, 9.17) is 5.84 Å². The quantitative estimate of drug-likeness (QED) is 0.488. The van der Waals surface area contributed by atoms with Crippen LogP contribution in [0.2, 0.25) is 0 Å². The van der Waals surface area contributed by atoms with Crippen LogP contribution in [0.4, 0.5) is 0 Å². The summed E-state index contributed by atoms with van der Waals surface area (Å²) in [6.07, 6.45) is 3.02. The molecule has 1 aliphatic carbocycles. The summed E-state index contributed by atoms with van der Waals surface area (Å²) in [4.78, 5) is 27.6. The van der Waals surface area contributed by atoms with Gasteiger partial charge in [0.15, 0.2) is 5.01 Å². The molecule has 0 fully saturated rings. The maximum absolute atomic E-state index is 12.0. The Morgan fingerprint density at radius 1 is 1.45 bits per heavy atom. The van der Waals surface area contributed by atoms with E-state index in [1.165, 1.54) is 16.9 Å². The van der Waals surface area contributed by atoms with Gasteiger partial charge in [0.05, 0.1) is 12.2 Å². The van der Waals surface area contributed by atoms with Gasteiger partial charge in [-0.2, -0.15) is 0 Å². The standard InChI is InChI=1S/C13H14N4O2S/c14-16-12(19)13-15-9(7-20-13)6-17-10-3-1-2-8(10)4-5-11(17)18/h4-5,7H,1-3,6,14H2,(H,16,19). The van der Waals surface area contributed by atoms with Crippen LogP contribution in [0.1, 0.15) is 33.2 Å². The fourth-order valence-electron chi connectivity index (χ4n) is 2.51. The lowest BCUT2D eigenvalue weighted by atomic mass is 10.2. The van der Waals surface area contributed by atoms with Crippen LogP contribution in [0.5, 0.6) is 0 Å². The van der Waals surface area contributed by atoms with Gasteiger partial charge in [-0.1, -0.05) is 6.07 Å². The smallest absolute Gasteiger partial charge is 0.294 e. The second kappa shape index (κ2) is 5.18. The molecule has 0 saturated heterocycles. The SMILES string of the molecule is NNC(=O)c1nc(Cn2c3c(ccc2=O)CCC3)cs1. The van der Waals surface area contributed by atoms with Gasteiger partial charge in [0, 0.05) is 17.1 Å². The number of hydrazine groups is 1. The highest BCUT2D eigenvalue weighted by Crippen LogP contribution is 2.21. The molecule has 2 aromatic heterocycles. The molecule has 6 nitrogen and oxygen atoms in total. The Balaban J connectivity index is 1.92. The zero-order chi connectivity index (χ0) is 14.1. The van der Waals surface area contributed by atoms with Crippen molar-refractivity contribution < 1.29 is 4.79 Å². The zero-order valence-corrected chi connectivity index (χ0v) is 11.6. The number of aryl methyl sites for hydroxylation is 1. The minimum Gasteiger partial charge on any atom is -0.306 e. The number of fused-ring (bicyclic) bond motifs is 1. The number of carbonyl (C=O) groups is 1. The van der Waals surface area contributed by atoms with Gasteiger partial charge in [0.1, 0.15) is 0 Å². The predicted octanol–water partition coefficient (Wildman–Crippen LogP) is 0.445. The van der Waals surface area contributed by atoms with E-state index >= 15 is 0 Å². The molecule has 0 bridgehead atoms. The number of nitrogens with two attached hydrogens (primary N) is 1. The van der Waals surface area contributed by atoms with Crippen LogP contribution in [-0.4, -0.2) is 15.5 Å². The number of pyridine rings is 1. The van der Waals surface area contributed by atoms with E-state index < -0.39 is 5.91 Å². The van der Waals surface area contributed by atoms with E-state index in [0.29, 0.717) is 17.2 Å². The third-order valence-corrected chi connectivity index (χ3v) is 4.34. The van der Waals surface area contributed by atoms with Gasteiger partial charge in [0.2, 0.25) is 0 Å². The third kappa shape index (κ3) is 2.25. The van der Waals surface area contributed by atoms with Crippen LogP contribution in [0, 0.1) is 0 Å². The summed E-state index contributed by atoms with van der Waals surface area (Å²) in [5.74, 6) is 4.67. The summed E-state index contributed by atoms with van der Waals surface area (Å²) in [6, 6.07) is 3.51. The van der Waals surface area contributed by atoms with Crippen molar-refractivity contribution >= 4 is 17.2 Å². The van der Waals surface area contributed by atoms with Crippen molar-refractivity contribution in [3.63, 3.8) is 0 Å². The number of hydrogen-bond donors (Lipinski definition) is 2. The normalized spacial score (nSPS) is 13.2. The van der Waals surface area contributed by atoms with Gasteiger partial charge in [-0.3, -0.25) is 15.0 Å². The molecule has 0 aromatic carbocycles. The fraction of sp³-hybridized carbons (Fsp3) is 0.308. The minimum absolute atomic E-state index is 0.0246. The number of amides is 1. The lowest BCUT2D eigenvalue weighted by Crippen LogP contribution is -2.30. The van der Waals surface area contributed by atoms with E-state index in [0.717, 1.165) is 25.0 Å². The molecule has 0 unspecified atom stereocenters. The van der Waals surface area contributed by atoms with Crippen molar-refractivity contribution in [2.24, 2.45) is 5.84 Å². The molecule has 20 heavy (non-hydrogen) atoms. The van der Waals surface area contributed by atoms with Gasteiger partial charge in [-0.05, 0) is 24.8 Å². The molecular formula is C13H14N4O2S. The molecule has 2 heterocycles. The van der Waals surface area contributed by atoms with Crippen molar-refractivity contribution in [1.29, 1.82) is 0 Å². The molecule has 0 radical (unpaired) electrons. The number of rotatable bonds is 3. The highest BCUT2D eigenvalue weighted by Gasteiger charge is 2.17. The first-order chi connectivity index (χ1) is 9.69. The van der Waals surface area contributed by atoms with Crippen molar-refractivity contribution in [2.75, 3.05) is 0 Å². The molecule has 7 heteroatoms. The van der Waals surface area contributed by atoms with Crippen LogP contribution in [0.3, 0.4) is 0 Å². The molecule has 1 aliphatic rings. The van der Waals surface area contributed by atoms with Gasteiger partial charge in [-0.15, -0.1) is 11.3 Å². The van der Waals surface area contributed by atoms with Crippen LogP contribution in [0.15, 0.2) is 22.3 Å². The maximum atomic E-state index is 12.0. The average molecular weight is 290 g/mol. The first-order valence-corrected chi connectivity index (χ1v) is 7.24. The maximum Gasteiger partial charge on any atom is 0.294 e. The number of nitrogen functional groups attached to an aromatic ring is 1. The molecule has 3 N–H and O–H groups in total. The van der Waals surface area contributed by atoms with Crippen LogP contribution >= 0.6 is 11.3 Å². The Morgan fingerprint density at radius 3 is 3.10 bits per heavy atom. The molecule has 0 saturated carbocycles. The first kappa shape index (κ1) is 13.0. The van der Waals surface area contributed by atoms with Crippen molar-refractivity contribution in [3.05, 3.63) is 49.8 Å². The summed E-state index contributed by atoms with van der Waals surface area (Å²) in [5, 5.41) is 2.09. The molecule has 3 rings (SSSR count). The van der Waals surface area contributed by atoms with Gasteiger partial charge >= 0.3 is 0 Å². The fourth-order valence-corrected chi connectivity index (χ4v) is 3.23. The van der Waals surface area contributed by atoms with E-state index in [2.05, 4.69) is 10.4 Å². The third-order valence-electron chi connectivity index (χ3n) is 3.45. The monoisotopic (exact) mass is 290 g/mol. The molecule has 0 aliphatic heterocycles. The minimum atomic E-state index is -0.410. The van der Waals surface area contributed by atoms with Crippen LogP contribution in [-0.2, 0) is 19.4 Å². The van der Waals surface area contributed by atoms with E-state index in [1.54, 1.807) is 16.0 Å². The molecule has 1 amide bonds. The molecule has 0 spiro atoms. The number of aromatic nitrogens is 2. The topological polar surface area (TPSA) is 90.0 Å². The van der Waals surface area contributed by atoms with Crippen LogP contribution < -0.4 is 16.8 Å². The number of nitrogens with zero attached hydrogens (tertiary/aromatic N) is 2. The zero-order valence-electron chi connectivity index (χ0n) is 10.8. The van der Waals surface area contributed by atoms with Crippen LogP contribution in [0.25, 0.3) is 0 Å². The summed E-state index contributed by atoms with van der Waals surface area (Å²) in [6.45, 7) is 0.399. The molecular weight excluding hydrogens is 276 g/mol. The van der Waals surface area contributed by atoms with Crippen molar-refractivity contribution in [1.82, 2.24) is 15.0 Å². The van der Waals surface area contributed by atoms with E-state index in [1.807, 2.05) is 6.07 Å². The Labute approximate surface area is 119 Å². The van der Waals surface area contributed by atoms with Gasteiger partial charge in [-0.25, -0.2) is 10.8 Å². The lowest BCUT2D eigenvalue weighted by molar-refractivity contribution is 0.0953. The Morgan fingerprint density at radius 2 is 2.30 bits per heavy atom. The van der Waals surface area contributed by atoms with Gasteiger partial charge < -0.3 is 4.57 Å². The largest absolute Gasteiger partial charge is 0.306 e. The lowest BCUT2D eigenvalue weighted by Gasteiger charge is -2.10. The predicted molar refractivity (Wildman–Crippen MR) is 75.6 cm³/mol. The number of thiazole rings is 1. The number of nitrogens with one attached hydrogen (secondary N) is 1. The Bertz CT molecular complexity index is 719. The van der Waals surface area contributed by atoms with Crippen molar-refractivity contribution in [3.8, 4) is 0 Å². The molecule has 104 valence electrons.